The molecule has 1 saturated heterocycles. The molecule has 0 aliphatic carbocycles. The van der Waals surface area contributed by atoms with Crippen LogP contribution in [0.25, 0.3) is 11.4 Å². The minimum absolute atomic E-state index is 0.000263. The third-order valence-electron chi connectivity index (χ3n) is 5.32. The molecule has 2 N–H and O–H groups in total. The van der Waals surface area contributed by atoms with Crippen molar-refractivity contribution in [3.63, 3.8) is 0 Å². The Morgan fingerprint density at radius 1 is 1.25 bits per heavy atom. The predicted octanol–water partition coefficient (Wildman–Crippen LogP) is 1.61. The van der Waals surface area contributed by atoms with E-state index in [1.54, 1.807) is 7.11 Å². The standard InChI is InChI=1S/C20H29N5O3/c1-14-4-6-16(7-5-14)19-22-20(28-23-19)15(2)24-8-10-25(11-9-24)18(26)12-17(13-21)27-3/h4-7,15,17H,8-13,21H2,1-3H3. The van der Waals surface area contributed by atoms with E-state index < -0.39 is 0 Å². The van der Waals surface area contributed by atoms with Gasteiger partial charge in [-0.05, 0) is 13.8 Å². The zero-order chi connectivity index (χ0) is 20.1. The van der Waals surface area contributed by atoms with E-state index in [0.29, 0.717) is 37.8 Å². The first-order valence-electron chi connectivity index (χ1n) is 9.67. The summed E-state index contributed by atoms with van der Waals surface area (Å²) in [6.07, 6.45) is 0.106. The number of carbonyl (C=O) groups is 1. The van der Waals surface area contributed by atoms with Gasteiger partial charge in [-0.3, -0.25) is 9.69 Å². The lowest BCUT2D eigenvalue weighted by atomic mass is 10.1. The maximum Gasteiger partial charge on any atom is 0.244 e. The number of hydrogen-bond acceptors (Lipinski definition) is 7. The van der Waals surface area contributed by atoms with Crippen LogP contribution in [-0.2, 0) is 9.53 Å². The highest BCUT2D eigenvalue weighted by atomic mass is 16.5. The van der Waals surface area contributed by atoms with Crippen molar-refractivity contribution in [3.05, 3.63) is 35.7 Å². The molecule has 152 valence electrons. The minimum atomic E-state index is -0.219. The number of nitrogens with zero attached hydrogens (tertiary/aromatic N) is 4. The maximum absolute atomic E-state index is 12.4. The Labute approximate surface area is 165 Å². The van der Waals surface area contributed by atoms with Crippen molar-refractivity contribution in [2.45, 2.75) is 32.4 Å². The smallest absolute Gasteiger partial charge is 0.244 e. The number of benzene rings is 1. The molecule has 2 unspecified atom stereocenters. The monoisotopic (exact) mass is 387 g/mol. The lowest BCUT2D eigenvalue weighted by molar-refractivity contribution is -0.135. The first-order valence-corrected chi connectivity index (χ1v) is 9.67. The number of rotatable bonds is 7. The molecule has 8 nitrogen and oxygen atoms in total. The minimum Gasteiger partial charge on any atom is -0.380 e. The fourth-order valence-electron chi connectivity index (χ4n) is 3.33. The van der Waals surface area contributed by atoms with E-state index in [1.807, 2.05) is 36.1 Å². The van der Waals surface area contributed by atoms with E-state index in [-0.39, 0.29) is 18.1 Å². The Balaban J connectivity index is 1.56. The van der Waals surface area contributed by atoms with Crippen molar-refractivity contribution in [2.24, 2.45) is 5.73 Å². The van der Waals surface area contributed by atoms with Gasteiger partial charge in [0.05, 0.1) is 18.6 Å². The Morgan fingerprint density at radius 3 is 2.54 bits per heavy atom. The van der Waals surface area contributed by atoms with Crippen LogP contribution in [0.3, 0.4) is 0 Å². The Kier molecular flexibility index (Phi) is 6.77. The quantitative estimate of drug-likeness (QED) is 0.771. The zero-order valence-electron chi connectivity index (χ0n) is 16.8. The van der Waals surface area contributed by atoms with Crippen LogP contribution in [0.15, 0.2) is 28.8 Å². The molecular formula is C20H29N5O3. The van der Waals surface area contributed by atoms with Crippen molar-refractivity contribution < 1.29 is 14.1 Å². The van der Waals surface area contributed by atoms with Gasteiger partial charge in [-0.25, -0.2) is 0 Å². The molecule has 0 bridgehead atoms. The SMILES string of the molecule is COC(CN)CC(=O)N1CCN(C(C)c2nc(-c3ccc(C)cc3)no2)CC1. The van der Waals surface area contributed by atoms with Crippen molar-refractivity contribution in [1.82, 2.24) is 19.9 Å². The summed E-state index contributed by atoms with van der Waals surface area (Å²) < 4.78 is 10.7. The van der Waals surface area contributed by atoms with Crippen molar-refractivity contribution in [1.29, 1.82) is 0 Å². The van der Waals surface area contributed by atoms with E-state index in [0.717, 1.165) is 18.7 Å². The predicted molar refractivity (Wildman–Crippen MR) is 106 cm³/mol. The molecule has 0 spiro atoms. The molecule has 1 aliphatic rings. The van der Waals surface area contributed by atoms with E-state index in [4.69, 9.17) is 15.0 Å². The number of piperazine rings is 1. The van der Waals surface area contributed by atoms with Gasteiger partial charge >= 0.3 is 0 Å². The third kappa shape index (κ3) is 4.76. The summed E-state index contributed by atoms with van der Waals surface area (Å²) in [5.41, 5.74) is 7.74. The topological polar surface area (TPSA) is 97.7 Å². The summed E-state index contributed by atoms with van der Waals surface area (Å²) in [5, 5.41) is 4.12. The number of aromatic nitrogens is 2. The summed E-state index contributed by atoms with van der Waals surface area (Å²) >= 11 is 0. The Hall–Kier alpha value is -2.29. The van der Waals surface area contributed by atoms with Gasteiger partial charge in [0, 0.05) is 45.4 Å². The van der Waals surface area contributed by atoms with Crippen LogP contribution < -0.4 is 5.73 Å². The van der Waals surface area contributed by atoms with Gasteiger partial charge in [0.2, 0.25) is 17.6 Å². The van der Waals surface area contributed by atoms with Gasteiger partial charge in [0.15, 0.2) is 0 Å². The van der Waals surface area contributed by atoms with E-state index in [1.165, 1.54) is 5.56 Å². The van der Waals surface area contributed by atoms with Gasteiger partial charge in [-0.1, -0.05) is 35.0 Å². The van der Waals surface area contributed by atoms with Gasteiger partial charge in [-0.15, -0.1) is 0 Å². The van der Waals surface area contributed by atoms with Crippen LogP contribution in [0.2, 0.25) is 0 Å². The average Bonchev–Trinajstić information content (AvgIpc) is 3.22. The molecule has 3 rings (SSSR count). The highest BCUT2D eigenvalue weighted by Gasteiger charge is 2.28. The molecule has 2 aromatic rings. The van der Waals surface area contributed by atoms with Crippen molar-refractivity contribution >= 4 is 5.91 Å². The van der Waals surface area contributed by atoms with Gasteiger partial charge in [0.25, 0.3) is 0 Å². The second-order valence-corrected chi connectivity index (χ2v) is 7.21. The normalized spacial score (nSPS) is 17.5. The fraction of sp³-hybridized carbons (Fsp3) is 0.550. The number of hydrogen-bond donors (Lipinski definition) is 1. The van der Waals surface area contributed by atoms with Gasteiger partial charge in [-0.2, -0.15) is 4.98 Å². The zero-order valence-corrected chi connectivity index (χ0v) is 16.8. The highest BCUT2D eigenvalue weighted by Crippen LogP contribution is 2.24. The summed E-state index contributed by atoms with van der Waals surface area (Å²) in [5.74, 6) is 1.28. The van der Waals surface area contributed by atoms with Gasteiger partial charge < -0.3 is 19.9 Å². The number of nitrogens with two attached hydrogens (primary N) is 1. The van der Waals surface area contributed by atoms with E-state index in [9.17, 15) is 4.79 Å². The number of amides is 1. The van der Waals surface area contributed by atoms with Crippen LogP contribution in [0.4, 0.5) is 0 Å². The van der Waals surface area contributed by atoms with E-state index in [2.05, 4.69) is 22.0 Å². The number of carbonyl (C=O) groups excluding carboxylic acids is 1. The summed E-state index contributed by atoms with van der Waals surface area (Å²) in [4.78, 5) is 21.1. The molecule has 1 amide bonds. The summed E-state index contributed by atoms with van der Waals surface area (Å²) in [6.45, 7) is 7.31. The van der Waals surface area contributed by atoms with Crippen LogP contribution >= 0.6 is 0 Å². The molecule has 8 heteroatoms. The molecule has 0 saturated carbocycles. The number of ether oxygens (including phenoxy) is 1. The van der Waals surface area contributed by atoms with Crippen LogP contribution in [0, 0.1) is 6.92 Å². The summed E-state index contributed by atoms with van der Waals surface area (Å²) in [6, 6.07) is 8.05. The first-order chi connectivity index (χ1) is 13.5. The molecule has 2 heterocycles. The van der Waals surface area contributed by atoms with Crippen LogP contribution in [0.1, 0.15) is 30.8 Å². The van der Waals surface area contributed by atoms with Crippen LogP contribution in [0.5, 0.6) is 0 Å². The second-order valence-electron chi connectivity index (χ2n) is 7.21. The number of methoxy groups -OCH3 is 1. The molecule has 1 aliphatic heterocycles. The van der Waals surface area contributed by atoms with Gasteiger partial charge in [0.1, 0.15) is 0 Å². The first kappa shape index (κ1) is 20.4. The van der Waals surface area contributed by atoms with Crippen molar-refractivity contribution in [3.8, 4) is 11.4 Å². The molecule has 1 aromatic carbocycles. The lowest BCUT2D eigenvalue weighted by Gasteiger charge is -2.37. The fourth-order valence-corrected chi connectivity index (χ4v) is 3.33. The highest BCUT2D eigenvalue weighted by molar-refractivity contribution is 5.76. The Morgan fingerprint density at radius 2 is 1.93 bits per heavy atom. The average molecular weight is 387 g/mol. The molecule has 2 atom stereocenters. The van der Waals surface area contributed by atoms with Crippen LogP contribution in [-0.4, -0.2) is 71.8 Å². The molecule has 1 aromatic heterocycles. The second kappa shape index (κ2) is 9.27. The molecular weight excluding hydrogens is 358 g/mol. The molecule has 0 radical (unpaired) electrons. The Bertz CT molecular complexity index is 764. The van der Waals surface area contributed by atoms with Crippen molar-refractivity contribution in [2.75, 3.05) is 39.8 Å². The van der Waals surface area contributed by atoms with E-state index >= 15 is 0 Å². The summed E-state index contributed by atoms with van der Waals surface area (Å²) in [7, 11) is 1.58. The molecule has 28 heavy (non-hydrogen) atoms. The largest absolute Gasteiger partial charge is 0.380 e. The third-order valence-corrected chi connectivity index (χ3v) is 5.32. The number of aryl methyl sites for hydroxylation is 1. The maximum atomic E-state index is 12.4. The lowest BCUT2D eigenvalue weighted by Crippen LogP contribution is -2.50. The molecule has 1 fully saturated rings.